The van der Waals surface area contributed by atoms with Crippen molar-refractivity contribution in [2.75, 3.05) is 7.11 Å². The summed E-state index contributed by atoms with van der Waals surface area (Å²) in [7, 11) is -0.616. The summed E-state index contributed by atoms with van der Waals surface area (Å²) in [6, 6.07) is 14.4. The summed E-state index contributed by atoms with van der Waals surface area (Å²) in [6.07, 6.45) is -1.49. The Morgan fingerprint density at radius 3 is 2.29 bits per heavy atom. The number of ether oxygens (including phenoxy) is 2. The molecule has 0 heterocycles. The highest BCUT2D eigenvalue weighted by molar-refractivity contribution is 6.83. The zero-order valence-corrected chi connectivity index (χ0v) is 17.5. The molecule has 0 aliphatic rings. The Labute approximate surface area is 166 Å². The third kappa shape index (κ3) is 5.29. The first kappa shape index (κ1) is 21.8. The SMILES string of the molecule is COC(=O)[C@@](OCc1ccccc1)(c1ccc(F)cc1)[C@H](O)C#C[Si](C)(C)C. The first-order valence-corrected chi connectivity index (χ1v) is 12.4. The van der Waals surface area contributed by atoms with E-state index in [1.807, 2.05) is 50.0 Å². The van der Waals surface area contributed by atoms with Gasteiger partial charge < -0.3 is 14.6 Å². The van der Waals surface area contributed by atoms with Crippen LogP contribution in [0.4, 0.5) is 4.39 Å². The number of methoxy groups -OCH3 is 1. The molecule has 0 amide bonds. The number of aliphatic hydroxyl groups is 1. The Balaban J connectivity index is 2.55. The molecule has 0 aliphatic carbocycles. The number of hydrogen-bond acceptors (Lipinski definition) is 4. The molecule has 2 atom stereocenters. The molecule has 1 N–H and O–H groups in total. The van der Waals surface area contributed by atoms with Crippen molar-refractivity contribution in [1.29, 1.82) is 0 Å². The molecule has 0 bridgehead atoms. The van der Waals surface area contributed by atoms with Gasteiger partial charge in [-0.05, 0) is 23.3 Å². The zero-order valence-electron chi connectivity index (χ0n) is 16.5. The lowest BCUT2D eigenvalue weighted by Crippen LogP contribution is -2.49. The smallest absolute Gasteiger partial charge is 0.346 e. The van der Waals surface area contributed by atoms with Gasteiger partial charge in [0.15, 0.2) is 6.10 Å². The van der Waals surface area contributed by atoms with Gasteiger partial charge in [-0.1, -0.05) is 68.0 Å². The molecule has 2 aromatic rings. The predicted octanol–water partition coefficient (Wildman–Crippen LogP) is 3.65. The van der Waals surface area contributed by atoms with Crippen molar-refractivity contribution in [3.63, 3.8) is 0 Å². The number of carbonyl (C=O) groups is 1. The quantitative estimate of drug-likeness (QED) is 0.457. The molecule has 0 spiro atoms. The summed E-state index contributed by atoms with van der Waals surface area (Å²) in [6.45, 7) is 6.11. The molecule has 0 aromatic heterocycles. The van der Waals surface area contributed by atoms with Crippen LogP contribution in [0.3, 0.4) is 0 Å². The predicted molar refractivity (Wildman–Crippen MR) is 108 cm³/mol. The molecule has 2 rings (SSSR count). The summed E-state index contributed by atoms with van der Waals surface area (Å²) in [5.41, 5.74) is 2.25. The van der Waals surface area contributed by atoms with Gasteiger partial charge in [0.05, 0.1) is 13.7 Å². The van der Waals surface area contributed by atoms with Gasteiger partial charge in [0, 0.05) is 0 Å². The minimum atomic E-state index is -1.90. The summed E-state index contributed by atoms with van der Waals surface area (Å²) >= 11 is 0. The number of rotatable bonds is 6. The van der Waals surface area contributed by atoms with Crippen LogP contribution < -0.4 is 0 Å². The number of hydrogen-bond donors (Lipinski definition) is 1. The molecular formula is C22H25FO4Si. The second-order valence-electron chi connectivity index (χ2n) is 7.43. The summed E-state index contributed by atoms with van der Waals surface area (Å²) in [4.78, 5) is 12.8. The zero-order chi connectivity index (χ0) is 20.8. The summed E-state index contributed by atoms with van der Waals surface area (Å²) < 4.78 is 24.4. The minimum Gasteiger partial charge on any atom is -0.467 e. The third-order valence-electron chi connectivity index (χ3n) is 4.04. The van der Waals surface area contributed by atoms with E-state index in [2.05, 4.69) is 11.5 Å². The van der Waals surface area contributed by atoms with Crippen LogP contribution in [0.15, 0.2) is 54.6 Å². The van der Waals surface area contributed by atoms with Gasteiger partial charge >= 0.3 is 5.97 Å². The molecule has 6 heteroatoms. The van der Waals surface area contributed by atoms with Crippen molar-refractivity contribution in [3.8, 4) is 11.5 Å². The van der Waals surface area contributed by atoms with E-state index in [1.165, 1.54) is 31.4 Å². The van der Waals surface area contributed by atoms with E-state index in [9.17, 15) is 14.3 Å². The van der Waals surface area contributed by atoms with Gasteiger partial charge in [0.1, 0.15) is 13.9 Å². The fraction of sp³-hybridized carbons (Fsp3) is 0.318. The topological polar surface area (TPSA) is 55.8 Å². The molecule has 28 heavy (non-hydrogen) atoms. The molecule has 0 unspecified atom stereocenters. The third-order valence-corrected chi connectivity index (χ3v) is 4.93. The molecule has 0 saturated heterocycles. The lowest BCUT2D eigenvalue weighted by atomic mass is 9.87. The molecule has 2 aromatic carbocycles. The van der Waals surface area contributed by atoms with E-state index >= 15 is 0 Å². The van der Waals surface area contributed by atoms with Crippen LogP contribution in [0.1, 0.15) is 11.1 Å². The van der Waals surface area contributed by atoms with Crippen LogP contribution in [0, 0.1) is 17.3 Å². The molecule has 0 aliphatic heterocycles. The van der Waals surface area contributed by atoms with Crippen molar-refractivity contribution in [3.05, 3.63) is 71.5 Å². The highest BCUT2D eigenvalue weighted by Crippen LogP contribution is 2.33. The fourth-order valence-corrected chi connectivity index (χ4v) is 3.19. The number of benzene rings is 2. The summed E-state index contributed by atoms with van der Waals surface area (Å²) in [5.74, 6) is 1.51. The lowest BCUT2D eigenvalue weighted by Gasteiger charge is -2.33. The average molecular weight is 401 g/mol. The standard InChI is InChI=1S/C22H25FO4Si/c1-26-21(25)22(18-10-12-19(23)13-11-18,20(24)14-15-28(2,3)4)27-16-17-8-6-5-7-9-17/h5-13,20,24H,16H2,1-4H3/t20-,22-/m1/s1. The van der Waals surface area contributed by atoms with Crippen molar-refractivity contribution in [1.82, 2.24) is 0 Å². The first-order valence-electron chi connectivity index (χ1n) is 8.92. The van der Waals surface area contributed by atoms with E-state index in [-0.39, 0.29) is 12.2 Å². The van der Waals surface area contributed by atoms with E-state index in [0.29, 0.717) is 0 Å². The van der Waals surface area contributed by atoms with Crippen LogP contribution in [-0.4, -0.2) is 32.4 Å². The Kier molecular flexibility index (Phi) is 7.14. The Hall–Kier alpha value is -2.46. The minimum absolute atomic E-state index is 0.0407. The highest BCUT2D eigenvalue weighted by atomic mass is 28.3. The van der Waals surface area contributed by atoms with Crippen molar-refractivity contribution in [2.24, 2.45) is 0 Å². The van der Waals surface area contributed by atoms with Gasteiger partial charge in [-0.15, -0.1) is 5.54 Å². The second kappa shape index (κ2) is 9.15. The molecule has 148 valence electrons. The van der Waals surface area contributed by atoms with Crippen LogP contribution in [0.5, 0.6) is 0 Å². The van der Waals surface area contributed by atoms with E-state index in [1.54, 1.807) is 0 Å². The van der Waals surface area contributed by atoms with Crippen LogP contribution in [-0.2, 0) is 26.5 Å². The maximum Gasteiger partial charge on any atom is 0.346 e. The molecular weight excluding hydrogens is 375 g/mol. The van der Waals surface area contributed by atoms with Gasteiger partial charge in [-0.2, -0.15) is 0 Å². The van der Waals surface area contributed by atoms with Crippen molar-refractivity contribution >= 4 is 14.0 Å². The van der Waals surface area contributed by atoms with Gasteiger partial charge in [-0.3, -0.25) is 0 Å². The summed E-state index contributed by atoms with van der Waals surface area (Å²) in [5, 5.41) is 11.0. The highest BCUT2D eigenvalue weighted by Gasteiger charge is 2.49. The van der Waals surface area contributed by atoms with E-state index in [4.69, 9.17) is 9.47 Å². The maximum absolute atomic E-state index is 13.5. The van der Waals surface area contributed by atoms with E-state index in [0.717, 1.165) is 5.56 Å². The van der Waals surface area contributed by atoms with Gasteiger partial charge in [0.25, 0.3) is 0 Å². The van der Waals surface area contributed by atoms with Crippen LogP contribution in [0.25, 0.3) is 0 Å². The van der Waals surface area contributed by atoms with Crippen LogP contribution in [0.2, 0.25) is 19.6 Å². The van der Waals surface area contributed by atoms with Crippen molar-refractivity contribution < 1.29 is 23.8 Å². The number of halogens is 1. The fourth-order valence-electron chi connectivity index (χ4n) is 2.62. The first-order chi connectivity index (χ1) is 13.2. The largest absolute Gasteiger partial charge is 0.467 e. The lowest BCUT2D eigenvalue weighted by molar-refractivity contribution is -0.187. The van der Waals surface area contributed by atoms with Gasteiger partial charge in [-0.25, -0.2) is 9.18 Å². The number of esters is 1. The Morgan fingerprint density at radius 2 is 1.75 bits per heavy atom. The normalized spacial score (nSPS) is 14.4. The number of aliphatic hydroxyl groups excluding tert-OH is 1. The average Bonchev–Trinajstić information content (AvgIpc) is 2.67. The molecule has 0 radical (unpaired) electrons. The van der Waals surface area contributed by atoms with Crippen molar-refractivity contribution in [2.45, 2.75) is 38.0 Å². The number of carbonyl (C=O) groups excluding carboxylic acids is 1. The van der Waals surface area contributed by atoms with E-state index < -0.39 is 31.6 Å². The monoisotopic (exact) mass is 400 g/mol. The maximum atomic E-state index is 13.5. The van der Waals surface area contributed by atoms with Gasteiger partial charge in [0.2, 0.25) is 5.60 Å². The van der Waals surface area contributed by atoms with Crippen LogP contribution >= 0.6 is 0 Å². The molecule has 0 fully saturated rings. The molecule has 0 saturated carbocycles. The second-order valence-corrected chi connectivity index (χ2v) is 12.2. The molecule has 4 nitrogen and oxygen atoms in total. The Bertz CT molecular complexity index is 850. The Morgan fingerprint density at radius 1 is 1.14 bits per heavy atom.